The first-order valence-corrected chi connectivity index (χ1v) is 12.2. The number of carboxylic acid groups (broad SMARTS) is 1. The molecule has 172 valence electrons. The second-order valence-corrected chi connectivity index (χ2v) is 8.20. The van der Waals surface area contributed by atoms with Gasteiger partial charge in [-0.25, -0.2) is 0 Å². The lowest BCUT2D eigenvalue weighted by molar-refractivity contribution is -0.137. The number of hydrogen-bond acceptors (Lipinski definition) is 4. The number of unbranched alkanes of at least 4 members (excludes halogenated alkanes) is 10. The molecule has 3 N–H and O–H groups in total. The molecule has 0 saturated carbocycles. The first-order valence-electron chi connectivity index (χ1n) is 12.2. The minimum atomic E-state index is -0.670. The molecular weight excluding hydrogens is 362 g/mol. The molecule has 29 heavy (non-hydrogen) atoms. The molecule has 0 saturated heterocycles. The molecule has 0 aromatic rings. The predicted molar refractivity (Wildman–Crippen MR) is 125 cm³/mol. The summed E-state index contributed by atoms with van der Waals surface area (Å²) in [7, 11) is 0. The highest BCUT2D eigenvalue weighted by Gasteiger charge is 2.06. The molecule has 5 nitrogen and oxygen atoms in total. The van der Waals surface area contributed by atoms with Crippen LogP contribution in [-0.2, 0) is 4.79 Å². The summed E-state index contributed by atoms with van der Waals surface area (Å²) in [6.45, 7) is 10.0. The molecule has 0 aliphatic heterocycles. The van der Waals surface area contributed by atoms with Crippen LogP contribution < -0.4 is 5.73 Å². The van der Waals surface area contributed by atoms with E-state index < -0.39 is 5.97 Å². The van der Waals surface area contributed by atoms with Crippen molar-refractivity contribution in [2.45, 2.75) is 104 Å². The van der Waals surface area contributed by atoms with E-state index in [0.29, 0.717) is 6.42 Å². The minimum absolute atomic E-state index is 0.315. The van der Waals surface area contributed by atoms with Crippen molar-refractivity contribution in [3.05, 3.63) is 12.4 Å². The van der Waals surface area contributed by atoms with Crippen LogP contribution in [0.2, 0.25) is 0 Å². The fraction of sp³-hybridized carbons (Fsp3) is 0.875. The highest BCUT2D eigenvalue weighted by molar-refractivity contribution is 5.66. The lowest BCUT2D eigenvalue weighted by atomic mass is 10.1. The van der Waals surface area contributed by atoms with Gasteiger partial charge in [0.1, 0.15) is 0 Å². The van der Waals surface area contributed by atoms with E-state index in [0.717, 1.165) is 38.9 Å². The maximum atomic E-state index is 10.6. The van der Waals surface area contributed by atoms with Gasteiger partial charge < -0.3 is 20.6 Å². The SMILES string of the molecule is CCCCCCCCCN(CCCCCCCC(=O)O)CCCN(/C=C\N)CC. The monoisotopic (exact) mass is 411 g/mol. The maximum absolute atomic E-state index is 10.6. The summed E-state index contributed by atoms with van der Waals surface area (Å²) in [5, 5.41) is 8.70. The Bertz CT molecular complexity index is 388. The summed E-state index contributed by atoms with van der Waals surface area (Å²) in [5.41, 5.74) is 5.53. The third kappa shape index (κ3) is 19.8. The highest BCUT2D eigenvalue weighted by atomic mass is 16.4. The largest absolute Gasteiger partial charge is 0.481 e. The molecule has 0 aliphatic carbocycles. The fourth-order valence-electron chi connectivity index (χ4n) is 3.73. The van der Waals surface area contributed by atoms with Gasteiger partial charge in [0.05, 0.1) is 0 Å². The third-order valence-electron chi connectivity index (χ3n) is 5.57. The Kier molecular flexibility index (Phi) is 20.6. The zero-order valence-corrected chi connectivity index (χ0v) is 19.4. The minimum Gasteiger partial charge on any atom is -0.481 e. The van der Waals surface area contributed by atoms with Crippen molar-refractivity contribution in [2.24, 2.45) is 5.73 Å². The van der Waals surface area contributed by atoms with Crippen LogP contribution in [0.1, 0.15) is 104 Å². The highest BCUT2D eigenvalue weighted by Crippen LogP contribution is 2.10. The lowest BCUT2D eigenvalue weighted by Crippen LogP contribution is -2.30. The topological polar surface area (TPSA) is 69.8 Å². The maximum Gasteiger partial charge on any atom is 0.303 e. The molecule has 0 aromatic carbocycles. The summed E-state index contributed by atoms with van der Waals surface area (Å²) < 4.78 is 0. The number of carboxylic acids is 1. The van der Waals surface area contributed by atoms with E-state index in [4.69, 9.17) is 10.8 Å². The van der Waals surface area contributed by atoms with Gasteiger partial charge in [-0.05, 0) is 52.2 Å². The van der Waals surface area contributed by atoms with Crippen molar-refractivity contribution in [1.29, 1.82) is 0 Å². The first kappa shape index (κ1) is 27.8. The van der Waals surface area contributed by atoms with Crippen molar-refractivity contribution in [3.8, 4) is 0 Å². The van der Waals surface area contributed by atoms with Crippen LogP contribution in [0.3, 0.4) is 0 Å². The molecule has 0 unspecified atom stereocenters. The molecule has 5 heteroatoms. The van der Waals surface area contributed by atoms with Gasteiger partial charge >= 0.3 is 5.97 Å². The molecule has 0 amide bonds. The van der Waals surface area contributed by atoms with Crippen LogP contribution in [0.25, 0.3) is 0 Å². The van der Waals surface area contributed by atoms with Crippen molar-refractivity contribution in [1.82, 2.24) is 9.80 Å². The van der Waals surface area contributed by atoms with E-state index in [9.17, 15) is 4.79 Å². The molecule has 0 bridgehead atoms. The Morgan fingerprint density at radius 1 is 0.759 bits per heavy atom. The van der Waals surface area contributed by atoms with E-state index in [-0.39, 0.29) is 0 Å². The third-order valence-corrected chi connectivity index (χ3v) is 5.57. The van der Waals surface area contributed by atoms with Crippen LogP contribution in [0.4, 0.5) is 0 Å². The smallest absolute Gasteiger partial charge is 0.303 e. The van der Waals surface area contributed by atoms with Gasteiger partial charge in [0, 0.05) is 31.9 Å². The quantitative estimate of drug-likeness (QED) is 0.227. The molecule has 0 fully saturated rings. The normalized spacial score (nSPS) is 11.6. The second kappa shape index (κ2) is 21.5. The Balaban J connectivity index is 4.04. The average molecular weight is 412 g/mol. The van der Waals surface area contributed by atoms with E-state index in [2.05, 4.69) is 23.6 Å². The van der Waals surface area contributed by atoms with Gasteiger partial charge in [0.2, 0.25) is 0 Å². The summed E-state index contributed by atoms with van der Waals surface area (Å²) >= 11 is 0. The van der Waals surface area contributed by atoms with E-state index in [1.165, 1.54) is 77.3 Å². The molecule has 0 rings (SSSR count). The van der Waals surface area contributed by atoms with Crippen LogP contribution >= 0.6 is 0 Å². The fourth-order valence-corrected chi connectivity index (χ4v) is 3.73. The molecule has 0 aromatic heterocycles. The van der Waals surface area contributed by atoms with Crippen LogP contribution in [0.15, 0.2) is 12.4 Å². The van der Waals surface area contributed by atoms with Crippen LogP contribution in [0, 0.1) is 0 Å². The molecule has 0 aliphatic rings. The summed E-state index contributed by atoms with van der Waals surface area (Å²) in [5.74, 6) is -0.670. The number of aliphatic carboxylic acids is 1. The predicted octanol–water partition coefficient (Wildman–Crippen LogP) is 5.61. The molecular formula is C24H49N3O2. The number of rotatable bonds is 22. The molecule has 0 heterocycles. The lowest BCUT2D eigenvalue weighted by Gasteiger charge is -2.24. The van der Waals surface area contributed by atoms with Crippen LogP contribution in [0.5, 0.6) is 0 Å². The van der Waals surface area contributed by atoms with E-state index in [1.54, 1.807) is 6.20 Å². The van der Waals surface area contributed by atoms with Crippen molar-refractivity contribution in [3.63, 3.8) is 0 Å². The van der Waals surface area contributed by atoms with Gasteiger partial charge in [-0.3, -0.25) is 4.79 Å². The summed E-state index contributed by atoms with van der Waals surface area (Å²) in [4.78, 5) is 15.5. The van der Waals surface area contributed by atoms with Gasteiger partial charge in [-0.1, -0.05) is 64.7 Å². The van der Waals surface area contributed by atoms with Gasteiger partial charge in [0.25, 0.3) is 0 Å². The number of hydrogen-bond donors (Lipinski definition) is 2. The van der Waals surface area contributed by atoms with Crippen molar-refractivity contribution in [2.75, 3.05) is 32.7 Å². The van der Waals surface area contributed by atoms with Crippen molar-refractivity contribution >= 4 is 5.97 Å². The van der Waals surface area contributed by atoms with Gasteiger partial charge in [0.15, 0.2) is 0 Å². The second-order valence-electron chi connectivity index (χ2n) is 8.20. The molecule has 0 radical (unpaired) electrons. The summed E-state index contributed by atoms with van der Waals surface area (Å²) in [6, 6.07) is 0. The number of carbonyl (C=O) groups is 1. The Morgan fingerprint density at radius 2 is 1.28 bits per heavy atom. The Hall–Kier alpha value is -1.23. The van der Waals surface area contributed by atoms with E-state index in [1.807, 2.05) is 6.20 Å². The standard InChI is InChI=1S/C24H49N3O2/c1-3-5-6-7-8-11-14-19-27(22-16-21-26(4-2)23-18-25)20-15-12-9-10-13-17-24(28)29/h18,23H,3-17,19-22,25H2,1-2H3,(H,28,29)/b23-18-. The van der Waals surface area contributed by atoms with Gasteiger partial charge in [-0.2, -0.15) is 0 Å². The van der Waals surface area contributed by atoms with Crippen LogP contribution in [-0.4, -0.2) is 53.6 Å². The molecule has 0 spiro atoms. The zero-order valence-electron chi connectivity index (χ0n) is 19.4. The molecule has 0 atom stereocenters. The Morgan fingerprint density at radius 3 is 1.79 bits per heavy atom. The zero-order chi connectivity index (χ0) is 21.6. The van der Waals surface area contributed by atoms with Crippen molar-refractivity contribution < 1.29 is 9.90 Å². The number of nitrogens with two attached hydrogens (primary N) is 1. The van der Waals surface area contributed by atoms with Gasteiger partial charge in [-0.15, -0.1) is 0 Å². The van der Waals surface area contributed by atoms with E-state index >= 15 is 0 Å². The number of nitrogens with zero attached hydrogens (tertiary/aromatic N) is 2. The Labute approximate surface area is 180 Å². The average Bonchev–Trinajstić information content (AvgIpc) is 2.70. The summed E-state index contributed by atoms with van der Waals surface area (Å²) in [6.07, 6.45) is 20.1. The first-order chi connectivity index (χ1) is 14.1.